The Morgan fingerprint density at radius 3 is 1.30 bits per heavy atom. The molecule has 2 aliphatic rings. The zero-order valence-corrected chi connectivity index (χ0v) is 30.0. The largest absolute Gasteiger partial charge is 0.456 e. The highest BCUT2D eigenvalue weighted by molar-refractivity contribution is 5.99. The first-order chi connectivity index (χ1) is 25.8. The van der Waals surface area contributed by atoms with Crippen LogP contribution in [0.15, 0.2) is 126 Å². The molecule has 2 N–H and O–H groups in total. The first kappa shape index (κ1) is 35.4. The van der Waals surface area contributed by atoms with Crippen LogP contribution in [0.1, 0.15) is 62.5 Å². The van der Waals surface area contributed by atoms with Gasteiger partial charge < -0.3 is 24.9 Å². The fourth-order valence-electron chi connectivity index (χ4n) is 7.41. The Morgan fingerprint density at radius 2 is 0.925 bits per heavy atom. The summed E-state index contributed by atoms with van der Waals surface area (Å²) in [6, 6.07) is 37.0. The van der Waals surface area contributed by atoms with Gasteiger partial charge in [0, 0.05) is 35.6 Å². The van der Waals surface area contributed by atoms with Crippen LogP contribution in [0, 0.1) is 0 Å². The monoisotopic (exact) mass is 708 g/mol. The maximum absolute atomic E-state index is 13.3. The molecule has 5 aromatic rings. The molecule has 9 heteroatoms. The Labute approximate surface area is 310 Å². The predicted octanol–water partition coefficient (Wildman–Crippen LogP) is 8.08. The number of nitrogens with one attached hydrogen (secondary N) is 2. The maximum Gasteiger partial charge on any atom is 0.247 e. The van der Waals surface area contributed by atoms with Crippen molar-refractivity contribution in [2.75, 3.05) is 23.7 Å². The van der Waals surface area contributed by atoms with Crippen LogP contribution in [0.5, 0.6) is 0 Å². The molecule has 4 atom stereocenters. The van der Waals surface area contributed by atoms with E-state index in [0.29, 0.717) is 48.8 Å². The minimum absolute atomic E-state index is 0.0323. The molecular formula is C44H44N4O5. The number of furan rings is 1. The van der Waals surface area contributed by atoms with Gasteiger partial charge in [0.2, 0.25) is 23.6 Å². The van der Waals surface area contributed by atoms with Crippen LogP contribution in [0.25, 0.3) is 22.6 Å². The van der Waals surface area contributed by atoms with Crippen LogP contribution in [0.4, 0.5) is 11.4 Å². The molecule has 4 aromatic carbocycles. The van der Waals surface area contributed by atoms with E-state index in [4.69, 9.17) is 4.42 Å². The van der Waals surface area contributed by atoms with Crippen LogP contribution >= 0.6 is 0 Å². The summed E-state index contributed by atoms with van der Waals surface area (Å²) in [6.07, 6.45) is 2.85. The van der Waals surface area contributed by atoms with Crippen molar-refractivity contribution in [3.05, 3.63) is 132 Å². The highest BCUT2D eigenvalue weighted by atomic mass is 16.3. The van der Waals surface area contributed by atoms with Crippen LogP contribution in [-0.2, 0) is 19.2 Å². The zero-order chi connectivity index (χ0) is 36.9. The van der Waals surface area contributed by atoms with Gasteiger partial charge in [-0.3, -0.25) is 19.2 Å². The second kappa shape index (κ2) is 15.7. The number of likely N-dealkylation sites (tertiary alicyclic amines) is 2. The Bertz CT molecular complexity index is 1910. The fourth-order valence-corrected chi connectivity index (χ4v) is 7.41. The molecule has 0 radical (unpaired) electrons. The lowest BCUT2D eigenvalue weighted by molar-refractivity contribution is -0.137. The molecule has 2 saturated heterocycles. The van der Waals surface area contributed by atoms with Gasteiger partial charge in [0.15, 0.2) is 0 Å². The standard InChI is InChI=1S/C44H44N4O5/c1-29(31-11-5-3-6-12-31)43(51)47-27-9-15-37(47)41(49)45-35-21-17-33(18-22-35)39-25-26-40(53-39)34-19-23-36(24-20-34)46-42(50)38-16-10-28-48(38)44(52)30(2)32-13-7-4-8-14-32/h3-8,11-14,17-26,29-30,37-38H,9-10,15-16,27-28H2,1-2H3,(H,45,49)(H,46,50)/t29-,30-,37+,38?/m1/s1. The fraction of sp³-hybridized carbons (Fsp3) is 0.273. The average molecular weight is 709 g/mol. The number of anilines is 2. The van der Waals surface area contributed by atoms with Crippen molar-refractivity contribution in [1.29, 1.82) is 0 Å². The molecule has 2 fully saturated rings. The van der Waals surface area contributed by atoms with E-state index < -0.39 is 12.1 Å². The van der Waals surface area contributed by atoms with Crippen molar-refractivity contribution in [2.24, 2.45) is 0 Å². The van der Waals surface area contributed by atoms with Crippen LogP contribution in [0.3, 0.4) is 0 Å². The van der Waals surface area contributed by atoms with Crippen molar-refractivity contribution >= 4 is 35.0 Å². The third-order valence-electron chi connectivity index (χ3n) is 10.5. The smallest absolute Gasteiger partial charge is 0.247 e. The van der Waals surface area contributed by atoms with Gasteiger partial charge in [0.1, 0.15) is 23.6 Å². The topological polar surface area (TPSA) is 112 Å². The minimum atomic E-state index is -0.504. The highest BCUT2D eigenvalue weighted by Crippen LogP contribution is 2.32. The molecule has 0 saturated carbocycles. The molecule has 4 amide bonds. The lowest BCUT2D eigenvalue weighted by Crippen LogP contribution is -2.44. The van der Waals surface area contributed by atoms with Gasteiger partial charge in [-0.25, -0.2) is 0 Å². The number of nitrogens with zero attached hydrogens (tertiary/aromatic N) is 2. The molecule has 2 aliphatic heterocycles. The Morgan fingerprint density at radius 1 is 0.547 bits per heavy atom. The van der Waals surface area contributed by atoms with Crippen LogP contribution in [-0.4, -0.2) is 58.6 Å². The van der Waals surface area contributed by atoms with Gasteiger partial charge in [0.05, 0.1) is 11.8 Å². The van der Waals surface area contributed by atoms with Gasteiger partial charge in [-0.15, -0.1) is 0 Å². The van der Waals surface area contributed by atoms with E-state index in [0.717, 1.165) is 35.1 Å². The number of amides is 4. The Kier molecular flexibility index (Phi) is 10.5. The Balaban J connectivity index is 0.938. The summed E-state index contributed by atoms with van der Waals surface area (Å²) < 4.78 is 6.20. The third kappa shape index (κ3) is 7.79. The third-order valence-corrected chi connectivity index (χ3v) is 10.5. The lowest BCUT2D eigenvalue weighted by atomic mass is 9.99. The van der Waals surface area contributed by atoms with E-state index in [1.54, 1.807) is 9.80 Å². The van der Waals surface area contributed by atoms with Crippen molar-refractivity contribution in [2.45, 2.75) is 63.5 Å². The van der Waals surface area contributed by atoms with E-state index in [1.807, 2.05) is 135 Å². The maximum atomic E-state index is 13.3. The summed E-state index contributed by atoms with van der Waals surface area (Å²) >= 11 is 0. The van der Waals surface area contributed by atoms with Crippen LogP contribution in [0.2, 0.25) is 0 Å². The van der Waals surface area contributed by atoms with Gasteiger partial charge in [0.25, 0.3) is 0 Å². The van der Waals surface area contributed by atoms with E-state index in [2.05, 4.69) is 10.6 Å². The molecular weight excluding hydrogens is 665 g/mol. The predicted molar refractivity (Wildman–Crippen MR) is 206 cm³/mol. The summed E-state index contributed by atoms with van der Waals surface area (Å²) in [6.45, 7) is 4.92. The molecule has 0 spiro atoms. The number of carbonyl (C=O) groups is 4. The Hall–Kier alpha value is -5.96. The van der Waals surface area contributed by atoms with E-state index in [-0.39, 0.29) is 35.5 Å². The molecule has 270 valence electrons. The van der Waals surface area contributed by atoms with Crippen molar-refractivity contribution < 1.29 is 23.6 Å². The molecule has 53 heavy (non-hydrogen) atoms. The van der Waals surface area contributed by atoms with E-state index in [9.17, 15) is 19.2 Å². The summed E-state index contributed by atoms with van der Waals surface area (Å²) in [7, 11) is 0. The minimum Gasteiger partial charge on any atom is -0.456 e. The summed E-state index contributed by atoms with van der Waals surface area (Å²) in [4.78, 5) is 56.7. The first-order valence-electron chi connectivity index (χ1n) is 18.4. The van der Waals surface area contributed by atoms with Gasteiger partial charge in [-0.1, -0.05) is 60.7 Å². The summed E-state index contributed by atoms with van der Waals surface area (Å²) in [5.41, 5.74) is 4.88. The van der Waals surface area contributed by atoms with Gasteiger partial charge >= 0.3 is 0 Å². The van der Waals surface area contributed by atoms with Crippen LogP contribution < -0.4 is 10.6 Å². The second-order valence-corrected chi connectivity index (χ2v) is 13.9. The molecule has 9 nitrogen and oxygen atoms in total. The van der Waals surface area contributed by atoms with Crippen molar-refractivity contribution in [3.63, 3.8) is 0 Å². The SMILES string of the molecule is C[C@@H](C(=O)N1CCCC1C(=O)Nc1ccc(-c2ccc(-c3ccc(NC(=O)[C@@H]4CCCN4C(=O)[C@H](C)c4ccccc4)cc3)o2)cc1)c1ccccc1. The highest BCUT2D eigenvalue weighted by Gasteiger charge is 2.37. The number of hydrogen-bond donors (Lipinski definition) is 2. The van der Waals surface area contributed by atoms with E-state index in [1.165, 1.54) is 0 Å². The molecule has 3 heterocycles. The van der Waals surface area contributed by atoms with Crippen molar-refractivity contribution in [3.8, 4) is 22.6 Å². The van der Waals surface area contributed by atoms with E-state index >= 15 is 0 Å². The van der Waals surface area contributed by atoms with Gasteiger partial charge in [-0.05, 0) is 111 Å². The molecule has 0 bridgehead atoms. The quantitative estimate of drug-likeness (QED) is 0.152. The number of benzene rings is 4. The zero-order valence-electron chi connectivity index (χ0n) is 30.0. The molecule has 1 aromatic heterocycles. The second-order valence-electron chi connectivity index (χ2n) is 13.9. The normalized spacial score (nSPS) is 18.0. The first-order valence-corrected chi connectivity index (χ1v) is 18.4. The van der Waals surface area contributed by atoms with Gasteiger partial charge in [-0.2, -0.15) is 0 Å². The molecule has 0 aliphatic carbocycles. The average Bonchev–Trinajstić information content (AvgIpc) is 4.00. The number of hydrogen-bond acceptors (Lipinski definition) is 5. The lowest BCUT2D eigenvalue weighted by Gasteiger charge is -2.27. The molecule has 7 rings (SSSR count). The number of carbonyl (C=O) groups excluding carboxylic acids is 4. The van der Waals surface area contributed by atoms with Crippen molar-refractivity contribution in [1.82, 2.24) is 9.80 Å². The molecule has 1 unspecified atom stereocenters. The summed E-state index contributed by atoms with van der Waals surface area (Å²) in [5, 5.41) is 6.00. The summed E-state index contributed by atoms with van der Waals surface area (Å²) in [5.74, 6) is 0.279. The number of rotatable bonds is 10.